The monoisotopic (exact) mass is 396 g/mol. The Morgan fingerprint density at radius 1 is 1.07 bits per heavy atom. The van der Waals surface area contributed by atoms with Crippen molar-refractivity contribution in [3.05, 3.63) is 77.3 Å². The number of piperazine rings is 1. The van der Waals surface area contributed by atoms with Gasteiger partial charge in [0.1, 0.15) is 11.6 Å². The second kappa shape index (κ2) is 8.35. The van der Waals surface area contributed by atoms with Crippen LogP contribution in [0.25, 0.3) is 0 Å². The standard InChI is InChI=1S/C21H21ClN4O2/c22-17-3-1-4-18(13-17)25-8-10-26(11-9-25)20-7-6-16(14-23-20)21(27)24-15-19-5-2-12-28-19/h1-7,12-14H,8-11,15H2,(H,24,27). The number of halogens is 1. The summed E-state index contributed by atoms with van der Waals surface area (Å²) in [5, 5.41) is 3.58. The first-order chi connectivity index (χ1) is 13.7. The lowest BCUT2D eigenvalue weighted by atomic mass is 10.2. The van der Waals surface area contributed by atoms with E-state index in [9.17, 15) is 4.79 Å². The van der Waals surface area contributed by atoms with Gasteiger partial charge in [0.2, 0.25) is 0 Å². The first-order valence-corrected chi connectivity index (χ1v) is 9.59. The molecule has 3 heterocycles. The lowest BCUT2D eigenvalue weighted by Gasteiger charge is -2.36. The first kappa shape index (κ1) is 18.4. The maximum Gasteiger partial charge on any atom is 0.253 e. The van der Waals surface area contributed by atoms with Crippen molar-refractivity contribution in [1.82, 2.24) is 10.3 Å². The average molecular weight is 397 g/mol. The predicted octanol–water partition coefficient (Wildman–Crippen LogP) is 3.58. The summed E-state index contributed by atoms with van der Waals surface area (Å²) in [4.78, 5) is 21.3. The Morgan fingerprint density at radius 3 is 2.57 bits per heavy atom. The number of nitrogens with zero attached hydrogens (tertiary/aromatic N) is 3. The molecule has 0 unspecified atom stereocenters. The Kier molecular flexibility index (Phi) is 5.48. The van der Waals surface area contributed by atoms with Crippen molar-refractivity contribution >= 4 is 29.0 Å². The van der Waals surface area contributed by atoms with Crippen molar-refractivity contribution in [1.29, 1.82) is 0 Å². The second-order valence-electron chi connectivity index (χ2n) is 6.62. The Hall–Kier alpha value is -2.99. The molecule has 1 saturated heterocycles. The fourth-order valence-electron chi connectivity index (χ4n) is 3.26. The van der Waals surface area contributed by atoms with Gasteiger partial charge in [-0.15, -0.1) is 0 Å². The van der Waals surface area contributed by atoms with Crippen LogP contribution in [0, 0.1) is 0 Å². The summed E-state index contributed by atoms with van der Waals surface area (Å²) in [6, 6.07) is 15.3. The van der Waals surface area contributed by atoms with Crippen LogP contribution < -0.4 is 15.1 Å². The molecule has 144 valence electrons. The Bertz CT molecular complexity index is 920. The van der Waals surface area contributed by atoms with Gasteiger partial charge >= 0.3 is 0 Å². The van der Waals surface area contributed by atoms with Gasteiger partial charge in [-0.1, -0.05) is 17.7 Å². The van der Waals surface area contributed by atoms with Crippen molar-refractivity contribution in [2.24, 2.45) is 0 Å². The van der Waals surface area contributed by atoms with Crippen molar-refractivity contribution in [3.63, 3.8) is 0 Å². The summed E-state index contributed by atoms with van der Waals surface area (Å²) in [7, 11) is 0. The highest BCUT2D eigenvalue weighted by molar-refractivity contribution is 6.30. The molecule has 1 aliphatic heterocycles. The molecule has 0 radical (unpaired) electrons. The highest BCUT2D eigenvalue weighted by atomic mass is 35.5. The van der Waals surface area contributed by atoms with E-state index in [1.165, 1.54) is 0 Å². The van der Waals surface area contributed by atoms with Gasteiger partial charge in [-0.25, -0.2) is 4.98 Å². The molecule has 0 aliphatic carbocycles. The third-order valence-electron chi connectivity index (χ3n) is 4.79. The summed E-state index contributed by atoms with van der Waals surface area (Å²) >= 11 is 6.10. The number of rotatable bonds is 5. The van der Waals surface area contributed by atoms with Gasteiger partial charge in [-0.3, -0.25) is 4.79 Å². The van der Waals surface area contributed by atoms with E-state index in [4.69, 9.17) is 16.0 Å². The smallest absolute Gasteiger partial charge is 0.253 e. The maximum absolute atomic E-state index is 12.2. The van der Waals surface area contributed by atoms with Gasteiger partial charge < -0.3 is 19.5 Å². The zero-order valence-electron chi connectivity index (χ0n) is 15.3. The number of hydrogen-bond acceptors (Lipinski definition) is 5. The molecule has 2 aromatic heterocycles. The van der Waals surface area contributed by atoms with E-state index in [1.807, 2.05) is 36.4 Å². The highest BCUT2D eigenvalue weighted by Crippen LogP contribution is 2.22. The normalized spacial score (nSPS) is 14.2. The van der Waals surface area contributed by atoms with Crippen molar-refractivity contribution in [2.45, 2.75) is 6.54 Å². The third kappa shape index (κ3) is 4.28. The fourth-order valence-corrected chi connectivity index (χ4v) is 3.44. The zero-order chi connectivity index (χ0) is 19.3. The Morgan fingerprint density at radius 2 is 1.89 bits per heavy atom. The summed E-state index contributed by atoms with van der Waals surface area (Å²) in [6.07, 6.45) is 3.21. The minimum atomic E-state index is -0.166. The maximum atomic E-state index is 12.2. The number of carbonyl (C=O) groups excluding carboxylic acids is 1. The number of carbonyl (C=O) groups is 1. The van der Waals surface area contributed by atoms with Gasteiger partial charge in [0.15, 0.2) is 0 Å². The van der Waals surface area contributed by atoms with Gasteiger partial charge in [-0.05, 0) is 42.5 Å². The van der Waals surface area contributed by atoms with E-state index in [0.717, 1.165) is 48.5 Å². The molecule has 0 saturated carbocycles. The number of hydrogen-bond donors (Lipinski definition) is 1. The molecule has 28 heavy (non-hydrogen) atoms. The minimum Gasteiger partial charge on any atom is -0.467 e. The minimum absolute atomic E-state index is 0.166. The molecule has 6 nitrogen and oxygen atoms in total. The van der Waals surface area contributed by atoms with Crippen LogP contribution in [-0.4, -0.2) is 37.1 Å². The molecule has 1 aliphatic rings. The molecule has 7 heteroatoms. The summed E-state index contributed by atoms with van der Waals surface area (Å²) in [6.45, 7) is 3.88. The molecule has 0 atom stereocenters. The van der Waals surface area contributed by atoms with Crippen LogP contribution in [0.5, 0.6) is 0 Å². The first-order valence-electron chi connectivity index (χ1n) is 9.21. The van der Waals surface area contributed by atoms with Crippen LogP contribution in [-0.2, 0) is 6.54 Å². The van der Waals surface area contributed by atoms with Crippen LogP contribution in [0.2, 0.25) is 5.02 Å². The molecular weight excluding hydrogens is 376 g/mol. The van der Waals surface area contributed by atoms with E-state index in [1.54, 1.807) is 18.5 Å². The summed E-state index contributed by atoms with van der Waals surface area (Å²) in [5.74, 6) is 1.44. The SMILES string of the molecule is O=C(NCc1ccco1)c1ccc(N2CCN(c3cccc(Cl)c3)CC2)nc1. The number of aromatic nitrogens is 1. The summed E-state index contributed by atoms with van der Waals surface area (Å²) in [5.41, 5.74) is 1.68. The van der Waals surface area contributed by atoms with E-state index in [0.29, 0.717) is 12.1 Å². The number of anilines is 2. The van der Waals surface area contributed by atoms with E-state index >= 15 is 0 Å². The van der Waals surface area contributed by atoms with E-state index < -0.39 is 0 Å². The third-order valence-corrected chi connectivity index (χ3v) is 5.03. The second-order valence-corrected chi connectivity index (χ2v) is 7.06. The topological polar surface area (TPSA) is 61.6 Å². The number of benzene rings is 1. The number of nitrogens with one attached hydrogen (secondary N) is 1. The lowest BCUT2D eigenvalue weighted by Crippen LogP contribution is -2.46. The molecule has 0 spiro atoms. The Balaban J connectivity index is 1.32. The van der Waals surface area contributed by atoms with Crippen LogP contribution in [0.4, 0.5) is 11.5 Å². The molecule has 1 aromatic carbocycles. The lowest BCUT2D eigenvalue weighted by molar-refractivity contribution is 0.0947. The van der Waals surface area contributed by atoms with E-state index in [2.05, 4.69) is 26.2 Å². The van der Waals surface area contributed by atoms with Gasteiger partial charge in [0.25, 0.3) is 5.91 Å². The van der Waals surface area contributed by atoms with Crippen LogP contribution >= 0.6 is 11.6 Å². The number of pyridine rings is 1. The summed E-state index contributed by atoms with van der Waals surface area (Å²) < 4.78 is 5.22. The van der Waals surface area contributed by atoms with Crippen molar-refractivity contribution in [2.75, 3.05) is 36.0 Å². The molecular formula is C21H21ClN4O2. The average Bonchev–Trinajstić information content (AvgIpc) is 3.26. The van der Waals surface area contributed by atoms with Crippen LogP contribution in [0.1, 0.15) is 16.1 Å². The number of furan rings is 1. The van der Waals surface area contributed by atoms with Gasteiger partial charge in [0, 0.05) is 43.1 Å². The van der Waals surface area contributed by atoms with Gasteiger partial charge in [0.05, 0.1) is 18.4 Å². The fraction of sp³-hybridized carbons (Fsp3) is 0.238. The predicted molar refractivity (Wildman–Crippen MR) is 110 cm³/mol. The zero-order valence-corrected chi connectivity index (χ0v) is 16.1. The largest absolute Gasteiger partial charge is 0.467 e. The van der Waals surface area contributed by atoms with Crippen molar-refractivity contribution in [3.8, 4) is 0 Å². The quantitative estimate of drug-likeness (QED) is 0.714. The highest BCUT2D eigenvalue weighted by Gasteiger charge is 2.19. The van der Waals surface area contributed by atoms with Gasteiger partial charge in [-0.2, -0.15) is 0 Å². The van der Waals surface area contributed by atoms with Crippen molar-refractivity contribution < 1.29 is 9.21 Å². The number of amides is 1. The molecule has 1 fully saturated rings. The molecule has 1 N–H and O–H groups in total. The van der Waals surface area contributed by atoms with E-state index in [-0.39, 0.29) is 5.91 Å². The van der Waals surface area contributed by atoms with Crippen LogP contribution in [0.3, 0.4) is 0 Å². The molecule has 0 bridgehead atoms. The molecule has 4 rings (SSSR count). The Labute approximate surface area is 168 Å². The molecule has 3 aromatic rings. The van der Waals surface area contributed by atoms with Crippen LogP contribution in [0.15, 0.2) is 65.4 Å². The molecule has 1 amide bonds.